The molecule has 2 rings (SSSR count). The summed E-state index contributed by atoms with van der Waals surface area (Å²) in [5.41, 5.74) is 2.00. The van der Waals surface area contributed by atoms with E-state index in [9.17, 15) is 25.4 Å². The largest absolute Gasteiger partial charge is 0.394 e. The normalized spacial score (nSPS) is 26.1. The summed E-state index contributed by atoms with van der Waals surface area (Å²) >= 11 is 0. The number of hydrogen-bond donors (Lipinski definition) is 5. The van der Waals surface area contributed by atoms with Crippen molar-refractivity contribution in [1.29, 1.82) is 5.26 Å². The first-order chi connectivity index (χ1) is 15.3. The van der Waals surface area contributed by atoms with E-state index in [4.69, 9.17) is 9.84 Å². The highest BCUT2D eigenvalue weighted by atomic mass is 16.6. The Hall–Kier alpha value is -2.48. The number of aliphatic hydroxyl groups excluding tert-OH is 4. The number of benzene rings is 1. The molecule has 5 N–H and O–H groups in total. The molecule has 0 aliphatic carbocycles. The van der Waals surface area contributed by atoms with Crippen molar-refractivity contribution in [2.75, 3.05) is 24.6 Å². The van der Waals surface area contributed by atoms with Crippen LogP contribution in [0, 0.1) is 11.3 Å². The molecule has 176 valence electrons. The number of hydrogen-bond acceptors (Lipinski definition) is 8. The van der Waals surface area contributed by atoms with E-state index in [2.05, 4.69) is 24.1 Å². The predicted molar refractivity (Wildman–Crippen MR) is 119 cm³/mol. The SMILES string of the molecule is CCCN(CCC)c1ccc(/C(C)=C(\C#N)C(=O)N[C@H]2C(O)O[C@H](CO)[C@@H](O)[C@@H]2O)cc1. The summed E-state index contributed by atoms with van der Waals surface area (Å²) in [6.45, 7) is 7.15. The maximum atomic E-state index is 12.7. The Bertz CT molecular complexity index is 829. The number of nitrogens with zero attached hydrogens (tertiary/aromatic N) is 2. The quantitative estimate of drug-likeness (QED) is 0.272. The number of aliphatic hydroxyl groups is 4. The van der Waals surface area contributed by atoms with Gasteiger partial charge in [-0.2, -0.15) is 5.26 Å². The van der Waals surface area contributed by atoms with Gasteiger partial charge in [0.2, 0.25) is 0 Å². The number of carbonyl (C=O) groups is 1. The van der Waals surface area contributed by atoms with Crippen LogP contribution in [0.25, 0.3) is 5.57 Å². The lowest BCUT2D eigenvalue weighted by atomic mass is 9.96. The number of nitriles is 1. The van der Waals surface area contributed by atoms with Crippen LogP contribution in [-0.4, -0.2) is 76.7 Å². The Labute approximate surface area is 188 Å². The third kappa shape index (κ3) is 5.85. The molecular weight excluding hydrogens is 414 g/mol. The van der Waals surface area contributed by atoms with Gasteiger partial charge in [-0.15, -0.1) is 0 Å². The highest BCUT2D eigenvalue weighted by Gasteiger charge is 2.44. The average Bonchev–Trinajstić information content (AvgIpc) is 2.79. The fourth-order valence-corrected chi connectivity index (χ4v) is 3.76. The number of carbonyl (C=O) groups excluding carboxylic acids is 1. The molecule has 5 atom stereocenters. The van der Waals surface area contributed by atoms with Crippen molar-refractivity contribution in [3.63, 3.8) is 0 Å². The Kier molecular flexibility index (Phi) is 9.62. The lowest BCUT2D eigenvalue weighted by Crippen LogP contribution is -2.64. The maximum Gasteiger partial charge on any atom is 0.262 e. The van der Waals surface area contributed by atoms with Gasteiger partial charge in [-0.1, -0.05) is 26.0 Å². The van der Waals surface area contributed by atoms with E-state index in [0.29, 0.717) is 11.1 Å². The Morgan fingerprint density at radius 2 is 1.72 bits per heavy atom. The Morgan fingerprint density at radius 3 is 2.22 bits per heavy atom. The first-order valence-electron chi connectivity index (χ1n) is 10.9. The lowest BCUT2D eigenvalue weighted by molar-refractivity contribution is -0.253. The number of ether oxygens (including phenoxy) is 1. The third-order valence-electron chi connectivity index (χ3n) is 5.56. The van der Waals surface area contributed by atoms with Gasteiger partial charge in [-0.3, -0.25) is 4.79 Å². The predicted octanol–water partition coefficient (Wildman–Crippen LogP) is 0.526. The summed E-state index contributed by atoms with van der Waals surface area (Å²) in [7, 11) is 0. The van der Waals surface area contributed by atoms with Gasteiger partial charge >= 0.3 is 0 Å². The number of nitrogens with one attached hydrogen (secondary N) is 1. The molecule has 32 heavy (non-hydrogen) atoms. The van der Waals surface area contributed by atoms with Crippen LogP contribution in [0.1, 0.15) is 39.2 Å². The van der Waals surface area contributed by atoms with E-state index < -0.39 is 43.2 Å². The molecule has 0 aromatic heterocycles. The third-order valence-corrected chi connectivity index (χ3v) is 5.56. The number of amides is 1. The molecule has 1 aromatic rings. The smallest absolute Gasteiger partial charge is 0.262 e. The molecule has 1 aromatic carbocycles. The molecule has 1 heterocycles. The Morgan fingerprint density at radius 1 is 1.12 bits per heavy atom. The summed E-state index contributed by atoms with van der Waals surface area (Å²) in [4.78, 5) is 15.0. The summed E-state index contributed by atoms with van der Waals surface area (Å²) in [6.07, 6.45) is -3.88. The van der Waals surface area contributed by atoms with Gasteiger partial charge in [0.05, 0.1) is 6.61 Å². The zero-order chi connectivity index (χ0) is 23.8. The monoisotopic (exact) mass is 447 g/mol. The van der Waals surface area contributed by atoms with Gasteiger partial charge in [0, 0.05) is 18.8 Å². The molecule has 9 heteroatoms. The van der Waals surface area contributed by atoms with Crippen LogP contribution >= 0.6 is 0 Å². The van der Waals surface area contributed by atoms with Crippen LogP contribution < -0.4 is 10.2 Å². The van der Waals surface area contributed by atoms with Crippen LogP contribution in [0.2, 0.25) is 0 Å². The van der Waals surface area contributed by atoms with E-state index in [1.54, 1.807) is 6.92 Å². The molecular formula is C23H33N3O6. The van der Waals surface area contributed by atoms with Gasteiger partial charge in [0.25, 0.3) is 5.91 Å². The molecule has 0 radical (unpaired) electrons. The van der Waals surface area contributed by atoms with Crippen LogP contribution in [-0.2, 0) is 9.53 Å². The molecule has 0 saturated carbocycles. The molecule has 1 aliphatic heterocycles. The first-order valence-corrected chi connectivity index (χ1v) is 10.9. The minimum Gasteiger partial charge on any atom is -0.394 e. The van der Waals surface area contributed by atoms with Crippen LogP contribution in [0.5, 0.6) is 0 Å². The number of rotatable bonds is 9. The summed E-state index contributed by atoms with van der Waals surface area (Å²) in [6, 6.07) is 8.10. The number of anilines is 1. The van der Waals surface area contributed by atoms with Crippen molar-refractivity contribution in [3.8, 4) is 6.07 Å². The minimum absolute atomic E-state index is 0.185. The van der Waals surface area contributed by atoms with E-state index in [1.807, 2.05) is 30.3 Å². The van der Waals surface area contributed by atoms with Crippen LogP contribution in [0.15, 0.2) is 29.8 Å². The molecule has 1 unspecified atom stereocenters. The summed E-state index contributed by atoms with van der Waals surface area (Å²) < 4.78 is 5.04. The minimum atomic E-state index is -1.66. The zero-order valence-corrected chi connectivity index (χ0v) is 18.7. The fraction of sp³-hybridized carbons (Fsp3) is 0.565. The van der Waals surface area contributed by atoms with Crippen molar-refractivity contribution in [3.05, 3.63) is 35.4 Å². The van der Waals surface area contributed by atoms with Crippen molar-refractivity contribution in [2.24, 2.45) is 0 Å². The number of allylic oxidation sites excluding steroid dienone is 1. The van der Waals surface area contributed by atoms with Gasteiger partial charge in [-0.05, 0) is 43.0 Å². The van der Waals surface area contributed by atoms with E-state index >= 15 is 0 Å². The van der Waals surface area contributed by atoms with E-state index in [1.165, 1.54) is 0 Å². The van der Waals surface area contributed by atoms with E-state index in [-0.39, 0.29) is 5.57 Å². The standard InChI is InChI=1S/C23H33N3O6/c1-4-10-26(11-5-2)16-8-6-15(7-9-16)14(3)17(12-24)22(30)25-19-21(29)20(28)18(13-27)32-23(19)31/h6-9,18-21,23,27-29,31H,4-5,10-11,13H2,1-3H3,(H,25,30)/b17-14+/t18-,19-,20-,21-,23?/m1/s1. The van der Waals surface area contributed by atoms with Crippen LogP contribution in [0.3, 0.4) is 0 Å². The Balaban J connectivity index is 2.21. The average molecular weight is 448 g/mol. The molecule has 0 spiro atoms. The highest BCUT2D eigenvalue weighted by molar-refractivity contribution is 6.04. The second kappa shape index (κ2) is 11.9. The van der Waals surface area contributed by atoms with Gasteiger partial charge < -0.3 is 35.4 Å². The fourth-order valence-electron chi connectivity index (χ4n) is 3.76. The van der Waals surface area contributed by atoms with Gasteiger partial charge in [0.1, 0.15) is 36.0 Å². The molecule has 0 bridgehead atoms. The zero-order valence-electron chi connectivity index (χ0n) is 18.7. The first kappa shape index (κ1) is 25.8. The van der Waals surface area contributed by atoms with Crippen molar-refractivity contribution in [1.82, 2.24) is 5.32 Å². The van der Waals surface area contributed by atoms with Crippen LogP contribution in [0.4, 0.5) is 5.69 Å². The van der Waals surface area contributed by atoms with Crippen molar-refractivity contribution < 1.29 is 30.0 Å². The second-order valence-electron chi connectivity index (χ2n) is 7.87. The highest BCUT2D eigenvalue weighted by Crippen LogP contribution is 2.24. The molecule has 1 saturated heterocycles. The molecule has 1 aliphatic rings. The molecule has 1 fully saturated rings. The van der Waals surface area contributed by atoms with Crippen molar-refractivity contribution in [2.45, 2.75) is 64.3 Å². The van der Waals surface area contributed by atoms with Gasteiger partial charge in [0.15, 0.2) is 6.29 Å². The van der Waals surface area contributed by atoms with Gasteiger partial charge in [-0.25, -0.2) is 0 Å². The molecule has 1 amide bonds. The second-order valence-corrected chi connectivity index (χ2v) is 7.87. The maximum absolute atomic E-state index is 12.7. The summed E-state index contributed by atoms with van der Waals surface area (Å²) in [5.74, 6) is -0.811. The van der Waals surface area contributed by atoms with Crippen molar-refractivity contribution >= 4 is 17.2 Å². The summed E-state index contributed by atoms with van der Waals surface area (Å²) in [5, 5.41) is 51.4. The topological polar surface area (TPSA) is 146 Å². The van der Waals surface area contributed by atoms with E-state index in [0.717, 1.165) is 31.6 Å². The molecule has 9 nitrogen and oxygen atoms in total. The lowest BCUT2D eigenvalue weighted by Gasteiger charge is -2.40.